The molecule has 0 N–H and O–H groups in total. The van der Waals surface area contributed by atoms with Gasteiger partial charge in [0.2, 0.25) is 0 Å². The van der Waals surface area contributed by atoms with Gasteiger partial charge < -0.3 is 8.83 Å². The number of aryl methyl sites for hydroxylation is 4. The number of benzene rings is 4. The first kappa shape index (κ1) is 37.5. The highest BCUT2D eigenvalue weighted by molar-refractivity contribution is 5.72. The second kappa shape index (κ2) is 15.2. The molecule has 2 aromatic heterocycles. The topological polar surface area (TPSA) is 26.3 Å². The first-order valence-electron chi connectivity index (χ1n) is 21.5. The van der Waals surface area contributed by atoms with Crippen LogP contribution in [0.1, 0.15) is 91.2 Å². The highest BCUT2D eigenvalue weighted by Crippen LogP contribution is 2.53. The van der Waals surface area contributed by atoms with E-state index in [0.29, 0.717) is 0 Å². The molecule has 5 aliphatic rings. The molecular formula is C60H44O2. The Bertz CT molecular complexity index is 3000. The lowest BCUT2D eigenvalue weighted by Crippen LogP contribution is -2.08. The number of rotatable bonds is 4. The van der Waals surface area contributed by atoms with Crippen LogP contribution in [-0.2, 0) is 0 Å². The van der Waals surface area contributed by atoms with Crippen LogP contribution in [0.5, 0.6) is 0 Å². The van der Waals surface area contributed by atoms with Gasteiger partial charge in [-0.3, -0.25) is 0 Å². The molecule has 0 amide bonds. The third-order valence-corrected chi connectivity index (χ3v) is 12.8. The molecule has 11 rings (SSSR count). The summed E-state index contributed by atoms with van der Waals surface area (Å²) in [6.07, 6.45) is 16.8. The Morgan fingerprint density at radius 1 is 0.339 bits per heavy atom. The average Bonchev–Trinajstić information content (AvgIpc) is 4.02. The number of allylic oxidation sites excluding steroid dienone is 12. The van der Waals surface area contributed by atoms with Crippen molar-refractivity contribution in [3.8, 4) is 0 Å². The molecule has 62 heavy (non-hydrogen) atoms. The predicted molar refractivity (Wildman–Crippen MR) is 248 cm³/mol. The molecular weight excluding hydrogens is 753 g/mol. The smallest absolute Gasteiger partial charge is 0.116 e. The Balaban J connectivity index is 1.26. The SMILES string of the molecule is Cc1ccc([C@@H]2C3=C=C(C4=CC=CC=C=C34)[C@@H](c3ccc(C)cc3)c3ccc(o3)[C@H](c3ccc(C)cc3)C3=C=C(C4=C=CC=CC=C43)[C@@H](c3ccc(C)cc3)c3ccc2o3)cc1. The van der Waals surface area contributed by atoms with E-state index in [1.807, 2.05) is 12.2 Å². The molecule has 0 radical (unpaired) electrons. The van der Waals surface area contributed by atoms with E-state index in [-0.39, 0.29) is 23.7 Å². The first-order valence-corrected chi connectivity index (χ1v) is 21.5. The summed E-state index contributed by atoms with van der Waals surface area (Å²) in [5.41, 5.74) is 33.2. The van der Waals surface area contributed by atoms with Crippen LogP contribution in [0.4, 0.5) is 0 Å². The summed E-state index contributed by atoms with van der Waals surface area (Å²) in [7, 11) is 0. The minimum Gasteiger partial charge on any atom is -0.464 e. The van der Waals surface area contributed by atoms with Crippen molar-refractivity contribution in [1.29, 1.82) is 0 Å². The molecule has 8 bridgehead atoms. The van der Waals surface area contributed by atoms with Crippen LogP contribution in [-0.4, -0.2) is 0 Å². The van der Waals surface area contributed by atoms with Crippen LogP contribution in [0.15, 0.2) is 246 Å². The van der Waals surface area contributed by atoms with Gasteiger partial charge in [0.1, 0.15) is 23.0 Å². The maximum Gasteiger partial charge on any atom is 0.116 e. The lowest BCUT2D eigenvalue weighted by molar-refractivity contribution is 0.454. The van der Waals surface area contributed by atoms with Crippen molar-refractivity contribution >= 4 is 0 Å². The number of hydrogen-bond acceptors (Lipinski definition) is 2. The quantitative estimate of drug-likeness (QED) is 0.166. The van der Waals surface area contributed by atoms with E-state index in [2.05, 4.69) is 208 Å². The zero-order valence-electron chi connectivity index (χ0n) is 35.3. The van der Waals surface area contributed by atoms with Crippen LogP contribution < -0.4 is 0 Å². The molecule has 0 spiro atoms. The maximum absolute atomic E-state index is 7.35. The molecule has 4 aliphatic carbocycles. The fraction of sp³-hybridized carbons (Fsp3) is 0.133. The Labute approximate surface area is 363 Å². The lowest BCUT2D eigenvalue weighted by Gasteiger charge is -2.22. The van der Waals surface area contributed by atoms with Crippen LogP contribution in [0, 0.1) is 27.7 Å². The second-order valence-electron chi connectivity index (χ2n) is 17.1. The number of furan rings is 2. The highest BCUT2D eigenvalue weighted by Gasteiger charge is 2.40. The third kappa shape index (κ3) is 6.48. The molecule has 2 nitrogen and oxygen atoms in total. The van der Waals surface area contributed by atoms with Crippen molar-refractivity contribution in [3.05, 3.63) is 305 Å². The third-order valence-electron chi connectivity index (χ3n) is 12.8. The van der Waals surface area contributed by atoms with Crippen LogP contribution in [0.25, 0.3) is 0 Å². The molecule has 0 unspecified atom stereocenters. The highest BCUT2D eigenvalue weighted by atomic mass is 16.3. The van der Waals surface area contributed by atoms with E-state index in [1.165, 1.54) is 22.3 Å². The Morgan fingerprint density at radius 2 is 0.629 bits per heavy atom. The molecule has 4 atom stereocenters. The minimum atomic E-state index is -0.275. The first-order chi connectivity index (χ1) is 30.4. The summed E-state index contributed by atoms with van der Waals surface area (Å²) in [4.78, 5) is 0. The van der Waals surface area contributed by atoms with Crippen molar-refractivity contribution in [1.82, 2.24) is 0 Å². The molecule has 0 saturated carbocycles. The van der Waals surface area contributed by atoms with Gasteiger partial charge >= 0.3 is 0 Å². The van der Waals surface area contributed by atoms with E-state index in [0.717, 1.165) is 89.9 Å². The van der Waals surface area contributed by atoms with Crippen molar-refractivity contribution in [2.75, 3.05) is 0 Å². The average molecular weight is 797 g/mol. The largest absolute Gasteiger partial charge is 0.464 e. The Kier molecular flexibility index (Phi) is 9.18. The fourth-order valence-corrected chi connectivity index (χ4v) is 9.62. The van der Waals surface area contributed by atoms with E-state index < -0.39 is 0 Å². The maximum atomic E-state index is 7.35. The summed E-state index contributed by atoms with van der Waals surface area (Å²) in [5.74, 6) is 2.32. The summed E-state index contributed by atoms with van der Waals surface area (Å²) in [6, 6.07) is 44.1. The van der Waals surface area contributed by atoms with E-state index in [1.54, 1.807) is 0 Å². The van der Waals surface area contributed by atoms with Gasteiger partial charge in [0.05, 0.1) is 23.7 Å². The van der Waals surface area contributed by atoms with Crippen LogP contribution >= 0.6 is 0 Å². The standard InChI is InChI=1S/C60H44O2/c1-37-15-23-41(24-16-37)57-49-35-50(46-12-8-5-7-11-45(46)49)58(42-25-17-38(2)18-26-42)55-33-34-56(62-55)60(44-29-21-40(4)22-30-44)52-36-51(47-13-9-6-10-14-48(47)52)59(54-32-31-53(57)61-54)43-27-19-39(3)20-28-43/h5-11,13,15-34,57-60H,1-4H3/t57-,58-,59-,60-/m1/s1. The number of hydrogen-bond donors (Lipinski definition) is 0. The normalized spacial score (nSPS) is 20.7. The zero-order valence-corrected chi connectivity index (χ0v) is 35.3. The van der Waals surface area contributed by atoms with Gasteiger partial charge in [-0.15, -0.1) is 22.9 Å². The lowest BCUT2D eigenvalue weighted by atomic mass is 9.82. The van der Waals surface area contributed by atoms with E-state index in [4.69, 9.17) is 8.83 Å². The van der Waals surface area contributed by atoms with Crippen molar-refractivity contribution in [2.24, 2.45) is 0 Å². The van der Waals surface area contributed by atoms with E-state index in [9.17, 15) is 0 Å². The molecule has 2 heteroatoms. The van der Waals surface area contributed by atoms with Crippen molar-refractivity contribution in [3.63, 3.8) is 0 Å². The molecule has 6 aromatic rings. The number of fused-ring (bicyclic) bond motifs is 10. The summed E-state index contributed by atoms with van der Waals surface area (Å²) in [6.45, 7) is 8.54. The summed E-state index contributed by atoms with van der Waals surface area (Å²) in [5, 5.41) is 0. The summed E-state index contributed by atoms with van der Waals surface area (Å²) < 4.78 is 14.7. The predicted octanol–water partition coefficient (Wildman–Crippen LogP) is 14.4. The van der Waals surface area contributed by atoms with Gasteiger partial charge in [-0.2, -0.15) is 0 Å². The molecule has 296 valence electrons. The summed E-state index contributed by atoms with van der Waals surface area (Å²) >= 11 is 0. The van der Waals surface area contributed by atoms with Gasteiger partial charge in [0.25, 0.3) is 0 Å². The van der Waals surface area contributed by atoms with Crippen LogP contribution in [0.2, 0.25) is 0 Å². The molecule has 3 heterocycles. The molecule has 0 saturated heterocycles. The second-order valence-corrected chi connectivity index (χ2v) is 17.1. The Morgan fingerprint density at radius 3 is 0.935 bits per heavy atom. The van der Waals surface area contributed by atoms with Gasteiger partial charge in [0, 0.05) is 44.6 Å². The van der Waals surface area contributed by atoms with Crippen molar-refractivity contribution in [2.45, 2.75) is 51.4 Å². The van der Waals surface area contributed by atoms with Crippen molar-refractivity contribution < 1.29 is 8.83 Å². The monoisotopic (exact) mass is 796 g/mol. The minimum absolute atomic E-state index is 0.262. The fourth-order valence-electron chi connectivity index (χ4n) is 9.62. The van der Waals surface area contributed by atoms with Gasteiger partial charge in [0.15, 0.2) is 0 Å². The molecule has 1 aliphatic heterocycles. The zero-order chi connectivity index (χ0) is 41.9. The van der Waals surface area contributed by atoms with Crippen LogP contribution in [0.3, 0.4) is 0 Å². The molecule has 0 fully saturated rings. The van der Waals surface area contributed by atoms with Gasteiger partial charge in [-0.1, -0.05) is 156 Å². The Hall–Kier alpha value is -7.52. The van der Waals surface area contributed by atoms with Gasteiger partial charge in [-0.05, 0) is 86.4 Å². The van der Waals surface area contributed by atoms with E-state index >= 15 is 0 Å². The van der Waals surface area contributed by atoms with Gasteiger partial charge in [-0.25, -0.2) is 0 Å². The molecule has 4 aromatic carbocycles.